The van der Waals surface area contributed by atoms with E-state index in [4.69, 9.17) is 0 Å². The molecule has 1 aliphatic heterocycles. The molecule has 2 aromatic rings. The lowest BCUT2D eigenvalue weighted by Gasteiger charge is -2.13. The lowest BCUT2D eigenvalue weighted by atomic mass is 10.1. The second-order valence-corrected chi connectivity index (χ2v) is 6.22. The number of hydrogen-bond donors (Lipinski definition) is 2. The van der Waals surface area contributed by atoms with E-state index in [-0.39, 0.29) is 18.2 Å². The van der Waals surface area contributed by atoms with Crippen molar-refractivity contribution >= 4 is 35.4 Å². The molecule has 1 aliphatic carbocycles. The normalized spacial score (nSPS) is 19.2. The van der Waals surface area contributed by atoms with E-state index in [0.717, 1.165) is 12.8 Å². The second kappa shape index (κ2) is 5.29. The van der Waals surface area contributed by atoms with Crippen molar-refractivity contribution in [3.63, 3.8) is 0 Å². The predicted octanol–water partition coefficient (Wildman–Crippen LogP) is 0.194. The Labute approximate surface area is 137 Å². The van der Waals surface area contributed by atoms with Gasteiger partial charge < -0.3 is 10.2 Å². The molecule has 0 bridgehead atoms. The van der Waals surface area contributed by atoms with Crippen LogP contribution in [0.4, 0.5) is 11.9 Å². The van der Waals surface area contributed by atoms with Crippen molar-refractivity contribution in [3.8, 4) is 0 Å². The van der Waals surface area contributed by atoms with Crippen molar-refractivity contribution in [3.05, 3.63) is 17.3 Å². The van der Waals surface area contributed by atoms with Gasteiger partial charge in [-0.05, 0) is 18.9 Å². The number of amides is 2. The molecule has 1 saturated heterocycles. The Hall–Kier alpha value is -2.97. The van der Waals surface area contributed by atoms with Gasteiger partial charge in [0.2, 0.25) is 17.8 Å². The Morgan fingerprint density at radius 3 is 2.75 bits per heavy atom. The first-order valence-electron chi connectivity index (χ1n) is 7.75. The Morgan fingerprint density at radius 1 is 1.33 bits per heavy atom. The van der Waals surface area contributed by atoms with Crippen LogP contribution in [0.2, 0.25) is 0 Å². The number of anilines is 2. The van der Waals surface area contributed by atoms with Crippen LogP contribution in [0.3, 0.4) is 0 Å². The lowest BCUT2D eigenvalue weighted by Crippen LogP contribution is -2.19. The fourth-order valence-electron chi connectivity index (χ4n) is 2.50. The van der Waals surface area contributed by atoms with Crippen molar-refractivity contribution in [1.29, 1.82) is 0 Å². The van der Waals surface area contributed by atoms with Crippen LogP contribution in [0, 0.1) is 0 Å². The van der Waals surface area contributed by atoms with E-state index < -0.39 is 0 Å². The monoisotopic (exact) mass is 327 g/mol. The molecule has 0 radical (unpaired) electrons. The highest BCUT2D eigenvalue weighted by Crippen LogP contribution is 2.26. The molecule has 9 nitrogen and oxygen atoms in total. The summed E-state index contributed by atoms with van der Waals surface area (Å²) in [6.07, 6.45) is 5.60. The van der Waals surface area contributed by atoms with Gasteiger partial charge in [-0.15, -0.1) is 0 Å². The molecule has 2 amide bonds. The van der Waals surface area contributed by atoms with Crippen LogP contribution in [0.15, 0.2) is 11.8 Å². The largest absolute Gasteiger partial charge is 0.351 e. The second-order valence-electron chi connectivity index (χ2n) is 6.22. The summed E-state index contributed by atoms with van der Waals surface area (Å²) in [5.74, 6) is 0.528. The maximum atomic E-state index is 11.8. The molecule has 0 atom stereocenters. The first-order chi connectivity index (χ1) is 11.5. The zero-order valence-corrected chi connectivity index (χ0v) is 13.4. The molecule has 0 aromatic carbocycles. The van der Waals surface area contributed by atoms with E-state index >= 15 is 0 Å². The minimum atomic E-state index is -0.363. The minimum absolute atomic E-state index is 0.0783. The summed E-state index contributed by atoms with van der Waals surface area (Å²) < 4.78 is 1.63. The lowest BCUT2D eigenvalue weighted by molar-refractivity contribution is -0.124. The summed E-state index contributed by atoms with van der Waals surface area (Å²) in [6.45, 7) is 0. The van der Waals surface area contributed by atoms with Crippen LogP contribution >= 0.6 is 0 Å². The van der Waals surface area contributed by atoms with E-state index in [1.165, 1.54) is 0 Å². The van der Waals surface area contributed by atoms with Crippen molar-refractivity contribution in [1.82, 2.24) is 24.9 Å². The Bertz CT molecular complexity index is 879. The standard InChI is InChI=1S/C15H17N7O2/c1-21(2)14-19-12-9(5-8-6-11(23)18-13(8)24)7-16-22(12)15(20-14)17-10-3-4-10/h5,7,10H,3-4,6H2,1-2H3,(H,17,19,20)(H,18,23,24). The smallest absolute Gasteiger partial charge is 0.254 e. The average molecular weight is 327 g/mol. The number of aromatic nitrogens is 4. The molecular weight excluding hydrogens is 310 g/mol. The van der Waals surface area contributed by atoms with Crippen molar-refractivity contribution in [2.75, 3.05) is 24.3 Å². The topological polar surface area (TPSA) is 105 Å². The van der Waals surface area contributed by atoms with Gasteiger partial charge >= 0.3 is 0 Å². The van der Waals surface area contributed by atoms with Crippen molar-refractivity contribution in [2.24, 2.45) is 0 Å². The molecular formula is C15H17N7O2. The number of nitrogens with one attached hydrogen (secondary N) is 2. The molecule has 0 spiro atoms. The maximum Gasteiger partial charge on any atom is 0.254 e. The first-order valence-corrected chi connectivity index (χ1v) is 7.75. The van der Waals surface area contributed by atoms with Crippen molar-refractivity contribution in [2.45, 2.75) is 25.3 Å². The highest BCUT2D eigenvalue weighted by atomic mass is 16.2. The zero-order chi connectivity index (χ0) is 16.8. The molecule has 2 fully saturated rings. The summed E-state index contributed by atoms with van der Waals surface area (Å²) in [7, 11) is 3.73. The summed E-state index contributed by atoms with van der Waals surface area (Å²) >= 11 is 0. The molecule has 2 aliphatic rings. The molecule has 24 heavy (non-hydrogen) atoms. The van der Waals surface area contributed by atoms with Gasteiger partial charge in [-0.1, -0.05) is 0 Å². The predicted molar refractivity (Wildman–Crippen MR) is 87.5 cm³/mol. The number of fused-ring (bicyclic) bond motifs is 1. The molecule has 1 saturated carbocycles. The number of nitrogens with zero attached hydrogens (tertiary/aromatic N) is 5. The van der Waals surface area contributed by atoms with Gasteiger partial charge in [0.05, 0.1) is 12.6 Å². The van der Waals surface area contributed by atoms with Gasteiger partial charge in [-0.3, -0.25) is 14.9 Å². The number of carbonyl (C=O) groups excluding carboxylic acids is 2. The molecule has 4 rings (SSSR count). The van der Waals surface area contributed by atoms with Gasteiger partial charge in [-0.25, -0.2) is 0 Å². The highest BCUT2D eigenvalue weighted by molar-refractivity contribution is 6.15. The quantitative estimate of drug-likeness (QED) is 0.610. The minimum Gasteiger partial charge on any atom is -0.351 e. The number of hydrogen-bond acceptors (Lipinski definition) is 7. The summed E-state index contributed by atoms with van der Waals surface area (Å²) in [5, 5.41) is 9.96. The van der Waals surface area contributed by atoms with E-state index in [2.05, 4.69) is 25.7 Å². The fraction of sp³-hybridized carbons (Fsp3) is 0.400. The number of rotatable bonds is 4. The fourth-order valence-corrected chi connectivity index (χ4v) is 2.50. The molecule has 3 heterocycles. The molecule has 2 N–H and O–H groups in total. The van der Waals surface area contributed by atoms with E-state index in [0.29, 0.717) is 34.7 Å². The molecule has 0 unspecified atom stereocenters. The summed E-state index contributed by atoms with van der Waals surface area (Å²) in [4.78, 5) is 33.9. The highest BCUT2D eigenvalue weighted by Gasteiger charge is 2.26. The van der Waals surface area contributed by atoms with Gasteiger partial charge in [0.1, 0.15) is 0 Å². The van der Waals surface area contributed by atoms with Crippen molar-refractivity contribution < 1.29 is 9.59 Å². The van der Waals surface area contributed by atoms with Gasteiger partial charge in [-0.2, -0.15) is 19.6 Å². The maximum absolute atomic E-state index is 11.8. The Balaban J connectivity index is 1.82. The molecule has 124 valence electrons. The van der Waals surface area contributed by atoms with Crippen LogP contribution in [0.5, 0.6) is 0 Å². The van der Waals surface area contributed by atoms with Crippen LogP contribution < -0.4 is 15.5 Å². The van der Waals surface area contributed by atoms with Crippen LogP contribution in [0.25, 0.3) is 11.7 Å². The van der Waals surface area contributed by atoms with Crippen LogP contribution in [0.1, 0.15) is 24.8 Å². The third kappa shape index (κ3) is 2.57. The molecule has 2 aromatic heterocycles. The average Bonchev–Trinajstić information content (AvgIpc) is 3.16. The van der Waals surface area contributed by atoms with Crippen LogP contribution in [-0.2, 0) is 9.59 Å². The van der Waals surface area contributed by atoms with E-state index in [1.54, 1.807) is 16.8 Å². The first kappa shape index (κ1) is 14.6. The zero-order valence-electron chi connectivity index (χ0n) is 13.4. The van der Waals surface area contributed by atoms with Crippen LogP contribution in [-0.4, -0.2) is 51.5 Å². The Kier molecular flexibility index (Phi) is 3.22. The number of carbonyl (C=O) groups is 2. The summed E-state index contributed by atoms with van der Waals surface area (Å²) in [5.41, 5.74) is 1.69. The Morgan fingerprint density at radius 2 is 2.12 bits per heavy atom. The summed E-state index contributed by atoms with van der Waals surface area (Å²) in [6, 6.07) is 0.419. The third-order valence-corrected chi connectivity index (χ3v) is 3.92. The number of imide groups is 1. The SMILES string of the molecule is CN(C)c1nc(NC2CC2)n2ncc(C=C3CC(=O)NC3=O)c2n1. The molecule has 9 heteroatoms. The van der Waals surface area contributed by atoms with Gasteiger partial charge in [0, 0.05) is 31.3 Å². The van der Waals surface area contributed by atoms with Gasteiger partial charge in [0.25, 0.3) is 5.91 Å². The van der Waals surface area contributed by atoms with E-state index in [1.807, 2.05) is 19.0 Å². The van der Waals surface area contributed by atoms with E-state index in [9.17, 15) is 9.59 Å². The van der Waals surface area contributed by atoms with Gasteiger partial charge in [0.15, 0.2) is 5.65 Å². The third-order valence-electron chi connectivity index (χ3n) is 3.92.